The Morgan fingerprint density at radius 2 is 2.22 bits per heavy atom. The molecule has 1 aliphatic rings. The molecule has 1 saturated heterocycles. The molecular weight excluding hydrogens is 246 g/mol. The van der Waals surface area contributed by atoms with Gasteiger partial charge in [0.1, 0.15) is 17.5 Å². The second kappa shape index (κ2) is 6.24. The van der Waals surface area contributed by atoms with E-state index in [1.807, 2.05) is 17.8 Å². The summed E-state index contributed by atoms with van der Waals surface area (Å²) < 4.78 is 0. The molecule has 4 N–H and O–H groups in total. The summed E-state index contributed by atoms with van der Waals surface area (Å²) in [6, 6.07) is 1.86. The van der Waals surface area contributed by atoms with Crippen LogP contribution in [0, 0.1) is 5.92 Å². The van der Waals surface area contributed by atoms with Crippen LogP contribution in [0.4, 0.5) is 11.6 Å². The first-order valence-corrected chi connectivity index (χ1v) is 7.51. The number of aromatic nitrogens is 2. The third-order valence-corrected chi connectivity index (χ3v) is 4.24. The molecular formula is C12H21N5S. The van der Waals surface area contributed by atoms with E-state index in [4.69, 9.17) is 5.84 Å². The Hall–Kier alpha value is -1.01. The van der Waals surface area contributed by atoms with Crippen LogP contribution in [0.25, 0.3) is 0 Å². The highest BCUT2D eigenvalue weighted by molar-refractivity contribution is 7.99. The number of thioether (sulfide) groups is 1. The normalized spacial score (nSPS) is 19.2. The SMILES string of the molecule is CC(C)c1nc(NN)cc(NCC2CCSC2)n1. The molecule has 1 atom stereocenters. The van der Waals surface area contributed by atoms with Crippen LogP contribution in [0.5, 0.6) is 0 Å². The predicted octanol–water partition coefficient (Wildman–Crippen LogP) is 2.05. The minimum Gasteiger partial charge on any atom is -0.370 e. The molecule has 1 fully saturated rings. The van der Waals surface area contributed by atoms with Crippen LogP contribution < -0.4 is 16.6 Å². The molecule has 0 radical (unpaired) electrons. The number of hydrogen-bond acceptors (Lipinski definition) is 6. The van der Waals surface area contributed by atoms with Crippen LogP contribution in [0.3, 0.4) is 0 Å². The summed E-state index contributed by atoms with van der Waals surface area (Å²) in [7, 11) is 0. The molecule has 0 spiro atoms. The Bertz CT molecular complexity index is 390. The van der Waals surface area contributed by atoms with Gasteiger partial charge in [-0.05, 0) is 23.8 Å². The number of nitrogen functional groups attached to an aromatic ring is 1. The summed E-state index contributed by atoms with van der Waals surface area (Å²) in [5, 5.41) is 3.40. The van der Waals surface area contributed by atoms with Gasteiger partial charge in [0.05, 0.1) is 0 Å². The number of nitrogens with two attached hydrogens (primary N) is 1. The monoisotopic (exact) mass is 267 g/mol. The summed E-state index contributed by atoms with van der Waals surface area (Å²) in [6.07, 6.45) is 1.29. The summed E-state index contributed by atoms with van der Waals surface area (Å²) in [5.41, 5.74) is 2.60. The van der Waals surface area contributed by atoms with Crippen molar-refractivity contribution in [2.75, 3.05) is 28.8 Å². The van der Waals surface area contributed by atoms with Crippen LogP contribution in [-0.4, -0.2) is 28.0 Å². The minimum absolute atomic E-state index is 0.292. The van der Waals surface area contributed by atoms with Crippen molar-refractivity contribution in [1.82, 2.24) is 9.97 Å². The second-order valence-corrected chi connectivity index (χ2v) is 6.06. The smallest absolute Gasteiger partial charge is 0.145 e. The van der Waals surface area contributed by atoms with Gasteiger partial charge < -0.3 is 10.7 Å². The van der Waals surface area contributed by atoms with Gasteiger partial charge in [0.25, 0.3) is 0 Å². The Morgan fingerprint density at radius 3 is 2.83 bits per heavy atom. The molecule has 0 saturated carbocycles. The molecule has 0 aliphatic carbocycles. The van der Waals surface area contributed by atoms with E-state index in [0.717, 1.165) is 24.1 Å². The second-order valence-electron chi connectivity index (χ2n) is 4.91. The maximum Gasteiger partial charge on any atom is 0.145 e. The standard InChI is InChI=1S/C12H21N5S/c1-8(2)12-15-10(5-11(16-12)17-13)14-6-9-3-4-18-7-9/h5,8-9H,3-4,6-7,13H2,1-2H3,(H2,14,15,16,17). The van der Waals surface area contributed by atoms with E-state index >= 15 is 0 Å². The zero-order chi connectivity index (χ0) is 13.0. The number of anilines is 2. The van der Waals surface area contributed by atoms with Crippen LogP contribution in [0.1, 0.15) is 32.0 Å². The van der Waals surface area contributed by atoms with E-state index in [1.165, 1.54) is 17.9 Å². The summed E-state index contributed by atoms with van der Waals surface area (Å²) in [5.74, 6) is 11.3. The lowest BCUT2D eigenvalue weighted by Crippen LogP contribution is -2.17. The van der Waals surface area contributed by atoms with E-state index < -0.39 is 0 Å². The number of hydrazine groups is 1. The fourth-order valence-corrected chi connectivity index (χ4v) is 3.17. The van der Waals surface area contributed by atoms with Crippen molar-refractivity contribution < 1.29 is 0 Å². The Kier molecular flexibility index (Phi) is 4.66. The lowest BCUT2D eigenvalue weighted by atomic mass is 10.1. The molecule has 100 valence electrons. The molecule has 6 heteroatoms. The maximum absolute atomic E-state index is 5.43. The zero-order valence-corrected chi connectivity index (χ0v) is 11.8. The first kappa shape index (κ1) is 13.4. The molecule has 2 heterocycles. The van der Waals surface area contributed by atoms with E-state index in [0.29, 0.717) is 11.7 Å². The largest absolute Gasteiger partial charge is 0.370 e. The molecule has 1 unspecified atom stereocenters. The Balaban J connectivity index is 2.03. The third kappa shape index (κ3) is 3.49. The van der Waals surface area contributed by atoms with Crippen LogP contribution in [-0.2, 0) is 0 Å². The molecule has 5 nitrogen and oxygen atoms in total. The number of nitrogens with one attached hydrogen (secondary N) is 2. The topological polar surface area (TPSA) is 75.9 Å². The van der Waals surface area contributed by atoms with Gasteiger partial charge in [-0.2, -0.15) is 11.8 Å². The lowest BCUT2D eigenvalue weighted by Gasteiger charge is -2.13. The van der Waals surface area contributed by atoms with Crippen molar-refractivity contribution in [2.24, 2.45) is 11.8 Å². The van der Waals surface area contributed by atoms with Crippen LogP contribution >= 0.6 is 11.8 Å². The quantitative estimate of drug-likeness (QED) is 0.560. The highest BCUT2D eigenvalue weighted by Gasteiger charge is 2.15. The van der Waals surface area contributed by atoms with Crippen LogP contribution in [0.15, 0.2) is 6.07 Å². The van der Waals surface area contributed by atoms with Gasteiger partial charge in [-0.15, -0.1) is 0 Å². The first-order chi connectivity index (χ1) is 8.69. The number of hydrogen-bond donors (Lipinski definition) is 3. The van der Waals surface area contributed by atoms with Gasteiger partial charge in [0, 0.05) is 18.5 Å². The molecule has 0 bridgehead atoms. The van der Waals surface area contributed by atoms with Crippen molar-refractivity contribution in [2.45, 2.75) is 26.2 Å². The highest BCUT2D eigenvalue weighted by Crippen LogP contribution is 2.24. The fourth-order valence-electron chi connectivity index (χ4n) is 1.88. The van der Waals surface area contributed by atoms with Gasteiger partial charge in [0.2, 0.25) is 0 Å². The predicted molar refractivity (Wildman–Crippen MR) is 77.9 cm³/mol. The summed E-state index contributed by atoms with van der Waals surface area (Å²) in [6.45, 7) is 5.13. The van der Waals surface area contributed by atoms with E-state index in [9.17, 15) is 0 Å². The highest BCUT2D eigenvalue weighted by atomic mass is 32.2. The molecule has 0 aromatic carbocycles. The molecule has 1 aromatic heterocycles. The van der Waals surface area contributed by atoms with Crippen molar-refractivity contribution in [3.05, 3.63) is 11.9 Å². The Labute approximate surface area is 112 Å². The Morgan fingerprint density at radius 1 is 1.44 bits per heavy atom. The van der Waals surface area contributed by atoms with E-state index in [2.05, 4.69) is 34.6 Å². The summed E-state index contributed by atoms with van der Waals surface area (Å²) >= 11 is 2.03. The van der Waals surface area contributed by atoms with Crippen molar-refractivity contribution >= 4 is 23.4 Å². The molecule has 18 heavy (non-hydrogen) atoms. The van der Waals surface area contributed by atoms with Crippen molar-refractivity contribution in [1.29, 1.82) is 0 Å². The van der Waals surface area contributed by atoms with E-state index in [-0.39, 0.29) is 0 Å². The average Bonchev–Trinajstić information content (AvgIpc) is 2.89. The number of rotatable bonds is 5. The minimum atomic E-state index is 0.292. The van der Waals surface area contributed by atoms with Crippen molar-refractivity contribution in [3.8, 4) is 0 Å². The van der Waals surface area contributed by atoms with Gasteiger partial charge in [0.15, 0.2) is 0 Å². The van der Waals surface area contributed by atoms with Gasteiger partial charge in [-0.25, -0.2) is 15.8 Å². The molecule has 1 aliphatic heterocycles. The third-order valence-electron chi connectivity index (χ3n) is 3.00. The number of nitrogens with zero attached hydrogens (tertiary/aromatic N) is 2. The van der Waals surface area contributed by atoms with Gasteiger partial charge >= 0.3 is 0 Å². The van der Waals surface area contributed by atoms with E-state index in [1.54, 1.807) is 0 Å². The molecule has 2 rings (SSSR count). The van der Waals surface area contributed by atoms with Crippen molar-refractivity contribution in [3.63, 3.8) is 0 Å². The first-order valence-electron chi connectivity index (χ1n) is 6.36. The summed E-state index contributed by atoms with van der Waals surface area (Å²) in [4.78, 5) is 8.86. The van der Waals surface area contributed by atoms with Gasteiger partial charge in [-0.1, -0.05) is 13.8 Å². The average molecular weight is 267 g/mol. The fraction of sp³-hybridized carbons (Fsp3) is 0.667. The maximum atomic E-state index is 5.43. The van der Waals surface area contributed by atoms with Gasteiger partial charge in [-0.3, -0.25) is 0 Å². The molecule has 0 amide bonds. The van der Waals surface area contributed by atoms with Crippen LogP contribution in [0.2, 0.25) is 0 Å². The molecule has 1 aromatic rings. The lowest BCUT2D eigenvalue weighted by molar-refractivity contribution is 0.629. The zero-order valence-electron chi connectivity index (χ0n) is 10.9.